The zero-order valence-electron chi connectivity index (χ0n) is 33.1. The van der Waals surface area contributed by atoms with E-state index in [0.717, 1.165) is 22.9 Å². The number of hydrogen-bond acceptors (Lipinski definition) is 7. The average molecular weight is 861 g/mol. The molecule has 1 unspecified atom stereocenters. The summed E-state index contributed by atoms with van der Waals surface area (Å²) in [5, 5.41) is 13.4. The fourth-order valence-corrected chi connectivity index (χ4v) is 8.71. The number of halogens is 1. The molecule has 1 N–H and O–H groups in total. The van der Waals surface area contributed by atoms with Crippen LogP contribution in [0, 0.1) is 0 Å². The van der Waals surface area contributed by atoms with Crippen LogP contribution in [-0.4, -0.2) is 67.3 Å². The summed E-state index contributed by atoms with van der Waals surface area (Å²) in [6.07, 6.45) is 14.0. The summed E-state index contributed by atoms with van der Waals surface area (Å²) in [4.78, 5) is 26.6. The minimum atomic E-state index is -1.13. The van der Waals surface area contributed by atoms with Gasteiger partial charge < -0.3 is 40.8 Å². The van der Waals surface area contributed by atoms with Gasteiger partial charge in [0.25, 0.3) is 0 Å². The van der Waals surface area contributed by atoms with Gasteiger partial charge in [0.1, 0.15) is 37.0 Å². The molecule has 0 bridgehead atoms. The van der Waals surface area contributed by atoms with Crippen LogP contribution in [0.4, 0.5) is 0 Å². The maximum atomic E-state index is 12.8. The van der Waals surface area contributed by atoms with Gasteiger partial charge in [0.15, 0.2) is 12.4 Å². The summed E-state index contributed by atoms with van der Waals surface area (Å²) >= 11 is 3.79. The van der Waals surface area contributed by atoms with Crippen LogP contribution < -0.4 is 31.2 Å². The van der Waals surface area contributed by atoms with E-state index in [-0.39, 0.29) is 34.1 Å². The molecule has 4 aromatic rings. The number of allylic oxidation sites excluding steroid dienone is 3. The van der Waals surface area contributed by atoms with E-state index in [2.05, 4.69) is 42.1 Å². The van der Waals surface area contributed by atoms with Crippen molar-refractivity contribution in [1.29, 1.82) is 0 Å². The predicted octanol–water partition coefficient (Wildman–Crippen LogP) is 8.14. The van der Waals surface area contributed by atoms with Crippen LogP contribution in [0.1, 0.15) is 85.5 Å². The Morgan fingerprint density at radius 2 is 1.45 bits per heavy atom. The van der Waals surface area contributed by atoms with Crippen LogP contribution >= 0.6 is 22.7 Å². The number of carbonyl (C=O) groups is 2. The van der Waals surface area contributed by atoms with Gasteiger partial charge in [-0.2, -0.15) is 0 Å². The van der Waals surface area contributed by atoms with Crippen molar-refractivity contribution in [2.24, 2.45) is 0 Å². The maximum Gasteiger partial charge on any atom is 0.341 e. The molecular weight excluding hydrogens is 807 g/mol. The van der Waals surface area contributed by atoms with Crippen molar-refractivity contribution in [3.63, 3.8) is 0 Å². The molecule has 2 aromatic heterocycles. The lowest BCUT2D eigenvalue weighted by Gasteiger charge is -2.48. The van der Waals surface area contributed by atoms with E-state index in [1.165, 1.54) is 77.1 Å². The zero-order chi connectivity index (χ0) is 39.2. The van der Waals surface area contributed by atoms with E-state index < -0.39 is 12.6 Å². The highest BCUT2D eigenvalue weighted by Gasteiger charge is 2.40. The monoisotopic (exact) mass is 859 g/mol. The number of fused-ring (bicyclic) bond motifs is 1. The summed E-state index contributed by atoms with van der Waals surface area (Å²) in [5.41, 5.74) is 6.63. The maximum absolute atomic E-state index is 12.8. The highest BCUT2D eigenvalue weighted by molar-refractivity contribution is 7.13. The summed E-state index contributed by atoms with van der Waals surface area (Å²) in [7, 11) is 2.50. The molecule has 6 rings (SSSR count). The number of likely N-dealkylation sites (N-methyl/N-ethyl adjacent to an activating group) is 1. The lowest BCUT2D eigenvalue weighted by Crippen LogP contribution is -3.00. The minimum Gasteiger partial charge on any atom is -1.00 e. The highest BCUT2D eigenvalue weighted by Crippen LogP contribution is 2.41. The van der Waals surface area contributed by atoms with E-state index >= 15 is 0 Å². The third-order valence-electron chi connectivity index (χ3n) is 9.92. The first-order chi connectivity index (χ1) is 26.5. The first-order valence-corrected chi connectivity index (χ1v) is 20.7. The number of rotatable bonds is 14. The van der Waals surface area contributed by atoms with Gasteiger partial charge in [-0.3, -0.25) is 4.79 Å². The SMILES string of the molecule is CC(C)=CCOc1ccc(/C=C/C(=O)c2ccc(OCC=C(C)C)cc2OCC(=O)O)cc1.C[N+]12CCCC[C@@H]1CCC(=C(c1cccs1)c1cccs1)C2.[Br-]. The van der Waals surface area contributed by atoms with Crippen LogP contribution in [0.25, 0.3) is 11.6 Å². The second-order valence-electron chi connectivity index (χ2n) is 14.8. The average Bonchev–Trinajstić information content (AvgIpc) is 3.89. The molecule has 2 saturated heterocycles. The quantitative estimate of drug-likeness (QED) is 0.0597. The van der Waals surface area contributed by atoms with E-state index in [1.807, 2.05) is 86.8 Å². The molecule has 2 aliphatic rings. The molecule has 298 valence electrons. The lowest BCUT2D eigenvalue weighted by atomic mass is 9.85. The van der Waals surface area contributed by atoms with Gasteiger partial charge in [-0.1, -0.05) is 41.5 Å². The van der Waals surface area contributed by atoms with E-state index in [0.29, 0.717) is 19.0 Å². The second kappa shape index (κ2) is 21.9. The Morgan fingerprint density at radius 3 is 2.04 bits per heavy atom. The molecule has 7 nitrogen and oxygen atoms in total. The number of ether oxygens (including phenoxy) is 3. The summed E-state index contributed by atoms with van der Waals surface area (Å²) in [5.74, 6) is -0.0623. The Labute approximate surface area is 351 Å². The molecule has 56 heavy (non-hydrogen) atoms. The third-order valence-corrected chi connectivity index (χ3v) is 11.7. The molecular formula is C46H54BrNO6S2. The molecule has 2 aliphatic heterocycles. The third kappa shape index (κ3) is 13.2. The molecule has 10 heteroatoms. The Balaban J connectivity index is 0.000000261. The number of benzene rings is 2. The molecule has 0 aliphatic carbocycles. The second-order valence-corrected chi connectivity index (χ2v) is 16.7. The number of carbonyl (C=O) groups excluding carboxylic acids is 1. The van der Waals surface area contributed by atoms with Gasteiger partial charge in [0.2, 0.25) is 0 Å². The van der Waals surface area contributed by atoms with E-state index in [9.17, 15) is 9.59 Å². The standard InChI is InChI=1S/C27H30O6.C19H24NS2.BrH/c1-19(2)13-15-31-22-8-5-21(6-9-22)7-12-25(28)24-11-10-23(32-16-14-20(3)4)17-26(24)33-18-27(29)30;1-20-11-3-2-6-16(20)10-9-15(14-20)19(17-7-4-12-21-17)18-8-5-13-22-18;/h5-14,17H,15-16,18H2,1-4H3,(H,29,30);4-5,7-8,12-13,16H,2-3,6,9-11,14H2,1H3;1H/q;+1;/p-1/b12-7+;;/t;16-,20?;/m.1./s1. The minimum absolute atomic E-state index is 0. The Bertz CT molecular complexity index is 1950. The molecule has 0 amide bonds. The van der Waals surface area contributed by atoms with Crippen molar-refractivity contribution in [1.82, 2.24) is 0 Å². The Hall–Kier alpha value is -4.22. The zero-order valence-corrected chi connectivity index (χ0v) is 36.3. The predicted molar refractivity (Wildman–Crippen MR) is 227 cm³/mol. The molecule has 2 atom stereocenters. The van der Waals surface area contributed by atoms with Crippen LogP contribution in [0.2, 0.25) is 0 Å². The van der Waals surface area contributed by atoms with Crippen molar-refractivity contribution in [2.75, 3.05) is 40.0 Å². The molecule has 2 aromatic carbocycles. The van der Waals surface area contributed by atoms with Gasteiger partial charge in [-0.15, -0.1) is 22.7 Å². The number of piperidine rings is 2. The largest absolute Gasteiger partial charge is 1.00 e. The van der Waals surface area contributed by atoms with Gasteiger partial charge in [0, 0.05) is 27.8 Å². The fraction of sp³-hybridized carbons (Fsp3) is 0.348. The molecule has 0 saturated carbocycles. The van der Waals surface area contributed by atoms with E-state index in [1.54, 1.807) is 29.4 Å². The number of aliphatic carboxylic acids is 1. The van der Waals surface area contributed by atoms with Crippen LogP contribution in [0.15, 0.2) is 112 Å². The summed E-state index contributed by atoms with van der Waals surface area (Å²) < 4.78 is 17.9. The van der Waals surface area contributed by atoms with Gasteiger partial charge in [0.05, 0.1) is 25.2 Å². The number of ketones is 1. The van der Waals surface area contributed by atoms with Crippen molar-refractivity contribution in [3.05, 3.63) is 133 Å². The Morgan fingerprint density at radius 1 is 0.821 bits per heavy atom. The molecule has 4 heterocycles. The molecule has 0 radical (unpaired) electrons. The topological polar surface area (TPSA) is 82.1 Å². The van der Waals surface area contributed by atoms with Crippen molar-refractivity contribution >= 4 is 46.1 Å². The number of hydrogen-bond donors (Lipinski definition) is 1. The first-order valence-electron chi connectivity index (χ1n) is 19.0. The highest BCUT2D eigenvalue weighted by atomic mass is 79.9. The van der Waals surface area contributed by atoms with Crippen LogP contribution in [0.5, 0.6) is 17.2 Å². The number of quaternary nitrogens is 1. The smallest absolute Gasteiger partial charge is 0.341 e. The lowest BCUT2D eigenvalue weighted by molar-refractivity contribution is -0.937. The van der Waals surface area contributed by atoms with Gasteiger partial charge in [-0.05, 0) is 130 Å². The van der Waals surface area contributed by atoms with E-state index in [4.69, 9.17) is 19.3 Å². The number of carboxylic acids is 1. The summed E-state index contributed by atoms with van der Waals surface area (Å²) in [6, 6.07) is 22.0. The van der Waals surface area contributed by atoms with Crippen LogP contribution in [0.3, 0.4) is 0 Å². The van der Waals surface area contributed by atoms with Crippen LogP contribution in [-0.2, 0) is 4.79 Å². The van der Waals surface area contributed by atoms with Crippen molar-refractivity contribution in [3.8, 4) is 17.2 Å². The fourth-order valence-electron chi connectivity index (χ4n) is 6.98. The number of carboxylic acid groups (broad SMARTS) is 1. The molecule has 0 spiro atoms. The van der Waals surface area contributed by atoms with Gasteiger partial charge in [-0.25, -0.2) is 4.79 Å². The normalized spacial score (nSPS) is 17.3. The Kier molecular flexibility index (Phi) is 17.4. The van der Waals surface area contributed by atoms with Crippen molar-refractivity contribution < 1.29 is 50.4 Å². The first kappa shape index (κ1) is 44.5. The molecule has 2 fully saturated rings. The summed E-state index contributed by atoms with van der Waals surface area (Å²) in [6.45, 7) is 10.9. The van der Waals surface area contributed by atoms with Crippen molar-refractivity contribution in [2.45, 2.75) is 65.8 Å². The number of thiophene rings is 2. The number of nitrogens with zero attached hydrogens (tertiary/aromatic N) is 1. The van der Waals surface area contributed by atoms with Gasteiger partial charge >= 0.3 is 5.97 Å².